The second-order valence-electron chi connectivity index (χ2n) is 16.3. The Morgan fingerprint density at radius 3 is 0.894 bits per heavy atom. The van der Waals surface area contributed by atoms with Gasteiger partial charge in [0.1, 0.15) is 0 Å². The van der Waals surface area contributed by atoms with E-state index in [-0.39, 0.29) is 0 Å². The predicted octanol–water partition coefficient (Wildman–Crippen LogP) is 16.5. The van der Waals surface area contributed by atoms with Crippen LogP contribution in [-0.2, 0) is 0 Å². The summed E-state index contributed by atoms with van der Waals surface area (Å²) in [5.74, 6) is 1.82. The summed E-state index contributed by atoms with van der Waals surface area (Å²) < 4.78 is 0. The van der Waals surface area contributed by atoms with Gasteiger partial charge in [-0.25, -0.2) is 15.0 Å². The molecule has 0 amide bonds. The molecule has 0 saturated carbocycles. The van der Waals surface area contributed by atoms with Crippen molar-refractivity contribution in [1.29, 1.82) is 0 Å². The van der Waals surface area contributed by atoms with Gasteiger partial charge in [-0.15, -0.1) is 0 Å². The second-order valence-corrected chi connectivity index (χ2v) is 16.3. The summed E-state index contributed by atoms with van der Waals surface area (Å²) in [4.78, 5) is 15.7. The van der Waals surface area contributed by atoms with Crippen molar-refractivity contribution in [2.75, 3.05) is 0 Å². The number of aromatic nitrogens is 3. The van der Waals surface area contributed by atoms with E-state index >= 15 is 0 Å². The number of benzene rings is 10. The molecule has 11 rings (SSSR count). The molecule has 3 nitrogen and oxygen atoms in total. The van der Waals surface area contributed by atoms with E-state index in [2.05, 4.69) is 237 Å². The molecule has 66 heavy (non-hydrogen) atoms. The van der Waals surface area contributed by atoms with Gasteiger partial charge in [-0.1, -0.05) is 237 Å². The molecule has 1 aromatic heterocycles. The average molecular weight is 842 g/mol. The van der Waals surface area contributed by atoms with Gasteiger partial charge >= 0.3 is 0 Å². The zero-order chi connectivity index (χ0) is 44.1. The highest BCUT2D eigenvalue weighted by molar-refractivity contribution is 6.08. The highest BCUT2D eigenvalue weighted by atomic mass is 15.0. The number of nitrogens with zero attached hydrogens (tertiary/aromatic N) is 3. The quantitative estimate of drug-likeness (QED) is 0.138. The Labute approximate surface area is 386 Å². The summed E-state index contributed by atoms with van der Waals surface area (Å²) in [7, 11) is 0. The topological polar surface area (TPSA) is 38.7 Å². The minimum absolute atomic E-state index is 0.596. The van der Waals surface area contributed by atoms with Crippen LogP contribution in [0.2, 0.25) is 0 Å². The monoisotopic (exact) mass is 841 g/mol. The summed E-state index contributed by atoms with van der Waals surface area (Å²) in [5.41, 5.74) is 18.5. The molecule has 310 valence electrons. The lowest BCUT2D eigenvalue weighted by molar-refractivity contribution is 1.07. The molecule has 0 atom stereocenters. The summed E-state index contributed by atoms with van der Waals surface area (Å²) in [5, 5.41) is 0. The maximum Gasteiger partial charge on any atom is 0.164 e. The molecule has 0 bridgehead atoms. The van der Waals surface area contributed by atoms with Crippen molar-refractivity contribution < 1.29 is 0 Å². The Morgan fingerprint density at radius 2 is 0.439 bits per heavy atom. The maximum atomic E-state index is 5.31. The molecule has 0 aliphatic heterocycles. The molecule has 0 aliphatic rings. The third-order valence-electron chi connectivity index (χ3n) is 12.1. The van der Waals surface area contributed by atoms with Crippen LogP contribution in [0, 0.1) is 0 Å². The summed E-state index contributed by atoms with van der Waals surface area (Å²) in [6.45, 7) is 0. The number of rotatable bonds is 10. The lowest BCUT2D eigenvalue weighted by Gasteiger charge is -2.25. The van der Waals surface area contributed by atoms with Gasteiger partial charge in [-0.2, -0.15) is 0 Å². The van der Waals surface area contributed by atoms with Crippen molar-refractivity contribution in [3.63, 3.8) is 0 Å². The third-order valence-corrected chi connectivity index (χ3v) is 12.1. The van der Waals surface area contributed by atoms with Crippen LogP contribution in [0.5, 0.6) is 0 Å². The van der Waals surface area contributed by atoms with Crippen molar-refractivity contribution in [2.24, 2.45) is 0 Å². The Kier molecular flexibility index (Phi) is 11.0. The molecule has 0 unspecified atom stereocenters. The molecular formula is C63H43N3. The molecule has 0 spiro atoms. The normalized spacial score (nSPS) is 11.0. The fourth-order valence-corrected chi connectivity index (χ4v) is 8.96. The van der Waals surface area contributed by atoms with Gasteiger partial charge in [0.15, 0.2) is 17.5 Å². The van der Waals surface area contributed by atoms with Crippen LogP contribution in [0.15, 0.2) is 261 Å². The summed E-state index contributed by atoms with van der Waals surface area (Å²) in [6.07, 6.45) is 0. The first-order valence-electron chi connectivity index (χ1n) is 22.3. The Balaban J connectivity index is 1.21. The molecule has 1 heterocycles. The van der Waals surface area contributed by atoms with Gasteiger partial charge in [0.25, 0.3) is 0 Å². The first-order chi connectivity index (χ1) is 32.7. The second kappa shape index (κ2) is 18.1. The van der Waals surface area contributed by atoms with E-state index in [0.29, 0.717) is 17.5 Å². The first kappa shape index (κ1) is 40.0. The van der Waals surface area contributed by atoms with Crippen LogP contribution < -0.4 is 0 Å². The van der Waals surface area contributed by atoms with Crippen molar-refractivity contribution in [1.82, 2.24) is 15.0 Å². The van der Waals surface area contributed by atoms with Crippen LogP contribution in [-0.4, -0.2) is 15.0 Å². The summed E-state index contributed by atoms with van der Waals surface area (Å²) in [6, 6.07) is 92.2. The Morgan fingerprint density at radius 1 is 0.167 bits per heavy atom. The van der Waals surface area contributed by atoms with Crippen LogP contribution in [0.3, 0.4) is 0 Å². The minimum Gasteiger partial charge on any atom is -0.208 e. The SMILES string of the molecule is c1ccc(-c2ccc(-c3nc(-c4ccccc4)nc(-c4cc(-c5ccccc5)cc(-c5cc(-c6ccccc6)c(-c6ccccc6)c(-c6ccccc6)c5-c5ccccc5)c4)n3)cc2)cc1. The van der Waals surface area contributed by atoms with E-state index in [1.165, 1.54) is 11.1 Å². The van der Waals surface area contributed by atoms with E-state index in [1.807, 2.05) is 24.3 Å². The van der Waals surface area contributed by atoms with Crippen molar-refractivity contribution in [3.8, 4) is 112 Å². The van der Waals surface area contributed by atoms with Crippen molar-refractivity contribution in [2.45, 2.75) is 0 Å². The smallest absolute Gasteiger partial charge is 0.164 e. The lowest BCUT2D eigenvalue weighted by atomic mass is 9.78. The van der Waals surface area contributed by atoms with E-state index in [0.717, 1.165) is 83.5 Å². The molecular weight excluding hydrogens is 799 g/mol. The van der Waals surface area contributed by atoms with Crippen molar-refractivity contribution >= 4 is 0 Å². The van der Waals surface area contributed by atoms with Gasteiger partial charge in [0, 0.05) is 16.7 Å². The van der Waals surface area contributed by atoms with Crippen LogP contribution in [0.1, 0.15) is 0 Å². The van der Waals surface area contributed by atoms with Gasteiger partial charge in [-0.3, -0.25) is 0 Å². The zero-order valence-electron chi connectivity index (χ0n) is 36.2. The molecule has 3 heteroatoms. The van der Waals surface area contributed by atoms with Gasteiger partial charge in [0.2, 0.25) is 0 Å². The van der Waals surface area contributed by atoms with E-state index in [4.69, 9.17) is 15.0 Å². The van der Waals surface area contributed by atoms with E-state index in [9.17, 15) is 0 Å². The lowest BCUT2D eigenvalue weighted by Crippen LogP contribution is -2.01. The third kappa shape index (κ3) is 8.14. The number of hydrogen-bond acceptors (Lipinski definition) is 3. The van der Waals surface area contributed by atoms with Crippen LogP contribution >= 0.6 is 0 Å². The van der Waals surface area contributed by atoms with Crippen LogP contribution in [0.25, 0.3) is 112 Å². The van der Waals surface area contributed by atoms with E-state index < -0.39 is 0 Å². The Hall–Kier alpha value is -8.79. The van der Waals surface area contributed by atoms with E-state index in [1.54, 1.807) is 0 Å². The zero-order valence-corrected chi connectivity index (χ0v) is 36.2. The standard InChI is InChI=1S/C63H43N3/c1-8-22-44(23-9-1)46-36-38-52(39-37-46)62-64-61(51-34-20-7-21-35-51)65-63(66-62)55-41-53(45-24-10-2-11-25-45)40-54(42-55)57-43-56(47-26-12-3-13-27-47)58(48-28-14-4-15-29-48)60(50-32-18-6-19-33-50)59(57)49-30-16-5-17-31-49/h1-43H. The van der Waals surface area contributed by atoms with Crippen LogP contribution in [0.4, 0.5) is 0 Å². The highest BCUT2D eigenvalue weighted by Crippen LogP contribution is 2.51. The largest absolute Gasteiger partial charge is 0.208 e. The highest BCUT2D eigenvalue weighted by Gasteiger charge is 2.25. The molecule has 0 fully saturated rings. The fourth-order valence-electron chi connectivity index (χ4n) is 8.96. The van der Waals surface area contributed by atoms with Gasteiger partial charge in [-0.05, 0) is 102 Å². The average Bonchev–Trinajstić information content (AvgIpc) is 3.42. The molecule has 0 radical (unpaired) electrons. The Bertz CT molecular complexity index is 3400. The molecule has 0 aliphatic carbocycles. The molecule has 11 aromatic rings. The molecule has 10 aromatic carbocycles. The fraction of sp³-hybridized carbons (Fsp3) is 0. The molecule has 0 N–H and O–H groups in total. The summed E-state index contributed by atoms with van der Waals surface area (Å²) >= 11 is 0. The van der Waals surface area contributed by atoms with Crippen molar-refractivity contribution in [3.05, 3.63) is 261 Å². The number of hydrogen-bond donors (Lipinski definition) is 0. The minimum atomic E-state index is 0.596. The predicted molar refractivity (Wildman–Crippen MR) is 274 cm³/mol. The molecule has 0 saturated heterocycles. The van der Waals surface area contributed by atoms with Gasteiger partial charge in [0.05, 0.1) is 0 Å². The first-order valence-corrected chi connectivity index (χ1v) is 22.3. The maximum absolute atomic E-state index is 5.31. The van der Waals surface area contributed by atoms with Gasteiger partial charge < -0.3 is 0 Å².